The number of fused-ring (bicyclic) bond motifs is 2. The van der Waals surface area contributed by atoms with Gasteiger partial charge in [-0.2, -0.15) is 0 Å². The van der Waals surface area contributed by atoms with Crippen LogP contribution in [0.3, 0.4) is 0 Å². The van der Waals surface area contributed by atoms with Crippen molar-refractivity contribution >= 4 is 28.6 Å². The molecule has 0 saturated heterocycles. The standard InChI is InChI=1S/C20H20N4O5/c1-2-24-16-6-4-13(10-15(16)22-23-24)20(26)29-12-19(25)21-14-5-7-17-18(11-14)28-9-3-8-27-17/h4-7,10-11H,2-3,8-9,12H2,1H3,(H,21,25). The molecule has 1 N–H and O–H groups in total. The highest BCUT2D eigenvalue weighted by atomic mass is 16.5. The second kappa shape index (κ2) is 8.17. The molecule has 0 saturated carbocycles. The summed E-state index contributed by atoms with van der Waals surface area (Å²) < 4.78 is 18.0. The summed E-state index contributed by atoms with van der Waals surface area (Å²) in [4.78, 5) is 24.4. The first-order valence-corrected chi connectivity index (χ1v) is 9.34. The summed E-state index contributed by atoms with van der Waals surface area (Å²) in [5, 5.41) is 10.7. The molecule has 0 unspecified atom stereocenters. The van der Waals surface area contributed by atoms with Gasteiger partial charge < -0.3 is 19.5 Å². The van der Waals surface area contributed by atoms with Crippen molar-refractivity contribution in [2.45, 2.75) is 19.9 Å². The predicted molar refractivity (Wildman–Crippen MR) is 104 cm³/mol. The van der Waals surface area contributed by atoms with Crippen molar-refractivity contribution < 1.29 is 23.8 Å². The SMILES string of the molecule is CCn1nnc2cc(C(=O)OCC(=O)Nc3ccc4c(c3)OCCCO4)ccc21. The third-order valence-electron chi connectivity index (χ3n) is 4.41. The second-order valence-electron chi connectivity index (χ2n) is 6.44. The van der Waals surface area contributed by atoms with E-state index in [4.69, 9.17) is 14.2 Å². The summed E-state index contributed by atoms with van der Waals surface area (Å²) in [7, 11) is 0. The van der Waals surface area contributed by atoms with Crippen LogP contribution < -0.4 is 14.8 Å². The summed E-state index contributed by atoms with van der Waals surface area (Å²) in [6, 6.07) is 10.1. The number of aromatic nitrogens is 3. The van der Waals surface area contributed by atoms with E-state index in [1.807, 2.05) is 6.92 Å². The lowest BCUT2D eigenvalue weighted by atomic mass is 10.2. The summed E-state index contributed by atoms with van der Waals surface area (Å²) >= 11 is 0. The van der Waals surface area contributed by atoms with Gasteiger partial charge in [0.15, 0.2) is 18.1 Å². The number of benzene rings is 2. The molecule has 1 aromatic heterocycles. The van der Waals surface area contributed by atoms with Crippen molar-refractivity contribution in [3.63, 3.8) is 0 Å². The van der Waals surface area contributed by atoms with Crippen LogP contribution in [0, 0.1) is 0 Å². The number of aryl methyl sites for hydroxylation is 1. The Bertz CT molecular complexity index is 1060. The Morgan fingerprint density at radius 3 is 2.79 bits per heavy atom. The highest BCUT2D eigenvalue weighted by Crippen LogP contribution is 2.32. The fraction of sp³-hybridized carbons (Fsp3) is 0.300. The number of nitrogens with zero attached hydrogens (tertiary/aromatic N) is 3. The third-order valence-corrected chi connectivity index (χ3v) is 4.41. The van der Waals surface area contributed by atoms with Gasteiger partial charge in [-0.05, 0) is 37.3 Å². The molecule has 0 fully saturated rings. The zero-order valence-electron chi connectivity index (χ0n) is 15.9. The topological polar surface area (TPSA) is 105 Å². The molecule has 0 atom stereocenters. The van der Waals surface area contributed by atoms with E-state index in [1.165, 1.54) is 0 Å². The van der Waals surface area contributed by atoms with Crippen molar-refractivity contribution in [1.82, 2.24) is 15.0 Å². The van der Waals surface area contributed by atoms with Crippen LogP contribution in [0.25, 0.3) is 11.0 Å². The van der Waals surface area contributed by atoms with Crippen molar-refractivity contribution in [2.24, 2.45) is 0 Å². The largest absolute Gasteiger partial charge is 0.490 e. The molecule has 3 aromatic rings. The molecule has 9 nitrogen and oxygen atoms in total. The van der Waals surface area contributed by atoms with E-state index in [0.29, 0.717) is 48.0 Å². The summed E-state index contributed by atoms with van der Waals surface area (Å²) in [5.74, 6) is 0.158. The minimum absolute atomic E-state index is 0.309. The van der Waals surface area contributed by atoms with Crippen LogP contribution in [-0.2, 0) is 16.1 Å². The molecule has 1 aliphatic rings. The van der Waals surface area contributed by atoms with Crippen LogP contribution in [0.2, 0.25) is 0 Å². The first-order chi connectivity index (χ1) is 14.1. The Morgan fingerprint density at radius 1 is 1.14 bits per heavy atom. The summed E-state index contributed by atoms with van der Waals surface area (Å²) in [5.41, 5.74) is 2.27. The molecule has 29 heavy (non-hydrogen) atoms. The Morgan fingerprint density at radius 2 is 1.97 bits per heavy atom. The molecule has 1 amide bonds. The molecule has 4 rings (SSSR count). The Labute approximate surface area is 166 Å². The van der Waals surface area contributed by atoms with Gasteiger partial charge in [0.05, 0.1) is 24.3 Å². The average Bonchev–Trinajstić information content (AvgIpc) is 3.00. The van der Waals surface area contributed by atoms with Gasteiger partial charge in [-0.15, -0.1) is 5.10 Å². The van der Waals surface area contributed by atoms with E-state index in [1.54, 1.807) is 41.1 Å². The van der Waals surface area contributed by atoms with E-state index < -0.39 is 18.5 Å². The maximum absolute atomic E-state index is 12.3. The third kappa shape index (κ3) is 4.13. The van der Waals surface area contributed by atoms with E-state index in [0.717, 1.165) is 11.9 Å². The first kappa shape index (κ1) is 18.7. The number of esters is 1. The van der Waals surface area contributed by atoms with Crippen LogP contribution in [0.4, 0.5) is 5.69 Å². The Hall–Kier alpha value is -3.62. The molecule has 9 heteroatoms. The van der Waals surface area contributed by atoms with Gasteiger partial charge in [0.25, 0.3) is 5.91 Å². The normalized spacial score (nSPS) is 13.0. The molecule has 2 aromatic carbocycles. The van der Waals surface area contributed by atoms with Crippen molar-refractivity contribution in [1.29, 1.82) is 0 Å². The number of carbonyl (C=O) groups excluding carboxylic acids is 2. The van der Waals surface area contributed by atoms with Crippen LogP contribution in [0.5, 0.6) is 11.5 Å². The van der Waals surface area contributed by atoms with Gasteiger partial charge in [0, 0.05) is 24.7 Å². The molecular weight excluding hydrogens is 376 g/mol. The molecule has 150 valence electrons. The zero-order valence-corrected chi connectivity index (χ0v) is 15.9. The fourth-order valence-electron chi connectivity index (χ4n) is 2.99. The highest BCUT2D eigenvalue weighted by molar-refractivity contribution is 5.97. The molecule has 0 aliphatic carbocycles. The fourth-order valence-corrected chi connectivity index (χ4v) is 2.99. The number of nitrogens with one attached hydrogen (secondary N) is 1. The second-order valence-corrected chi connectivity index (χ2v) is 6.44. The number of ether oxygens (including phenoxy) is 3. The first-order valence-electron chi connectivity index (χ1n) is 9.34. The number of anilines is 1. The smallest absolute Gasteiger partial charge is 0.338 e. The van der Waals surface area contributed by atoms with Gasteiger partial charge in [-0.3, -0.25) is 4.79 Å². The van der Waals surface area contributed by atoms with Crippen molar-refractivity contribution in [2.75, 3.05) is 25.1 Å². The van der Waals surface area contributed by atoms with Crippen molar-refractivity contribution in [3.8, 4) is 11.5 Å². The number of carbonyl (C=O) groups is 2. The molecule has 0 bridgehead atoms. The van der Waals surface area contributed by atoms with E-state index >= 15 is 0 Å². The van der Waals surface area contributed by atoms with Crippen molar-refractivity contribution in [3.05, 3.63) is 42.0 Å². The van der Waals surface area contributed by atoms with Crippen LogP contribution in [0.15, 0.2) is 36.4 Å². The molecule has 0 radical (unpaired) electrons. The highest BCUT2D eigenvalue weighted by Gasteiger charge is 2.15. The molecule has 0 spiro atoms. The minimum Gasteiger partial charge on any atom is -0.490 e. The van der Waals surface area contributed by atoms with Crippen LogP contribution >= 0.6 is 0 Å². The zero-order chi connectivity index (χ0) is 20.2. The summed E-state index contributed by atoms with van der Waals surface area (Å²) in [6.45, 7) is 3.37. The van der Waals surface area contributed by atoms with Crippen LogP contribution in [0.1, 0.15) is 23.7 Å². The molecule has 1 aliphatic heterocycles. The van der Waals surface area contributed by atoms with Crippen LogP contribution in [-0.4, -0.2) is 46.7 Å². The minimum atomic E-state index is -0.605. The maximum atomic E-state index is 12.3. The number of hydrogen-bond donors (Lipinski definition) is 1. The predicted octanol–water partition coefficient (Wildman–Crippen LogP) is 2.41. The Balaban J connectivity index is 1.36. The van der Waals surface area contributed by atoms with Gasteiger partial charge in [-0.25, -0.2) is 9.48 Å². The lowest BCUT2D eigenvalue weighted by Gasteiger charge is -2.10. The van der Waals surface area contributed by atoms with Gasteiger partial charge in [0.1, 0.15) is 5.52 Å². The van der Waals surface area contributed by atoms with E-state index in [-0.39, 0.29) is 0 Å². The van der Waals surface area contributed by atoms with E-state index in [2.05, 4.69) is 15.6 Å². The number of hydrogen-bond acceptors (Lipinski definition) is 7. The van der Waals surface area contributed by atoms with Gasteiger partial charge in [-0.1, -0.05) is 5.21 Å². The Kier molecular flexibility index (Phi) is 5.28. The maximum Gasteiger partial charge on any atom is 0.338 e. The quantitative estimate of drug-likeness (QED) is 0.660. The number of amides is 1. The van der Waals surface area contributed by atoms with Gasteiger partial charge >= 0.3 is 5.97 Å². The lowest BCUT2D eigenvalue weighted by molar-refractivity contribution is -0.119. The lowest BCUT2D eigenvalue weighted by Crippen LogP contribution is -2.21. The van der Waals surface area contributed by atoms with E-state index in [9.17, 15) is 9.59 Å². The number of rotatable bonds is 5. The van der Waals surface area contributed by atoms with Gasteiger partial charge in [0.2, 0.25) is 0 Å². The molecule has 2 heterocycles. The summed E-state index contributed by atoms with van der Waals surface area (Å²) in [6.07, 6.45) is 0.798. The average molecular weight is 396 g/mol. The molecular formula is C20H20N4O5. The monoisotopic (exact) mass is 396 g/mol.